The molecule has 0 atom stereocenters. The third-order valence-electron chi connectivity index (χ3n) is 2.82. The second kappa shape index (κ2) is 6.14. The summed E-state index contributed by atoms with van der Waals surface area (Å²) in [7, 11) is 0. The number of hydrogen-bond donors (Lipinski definition) is 2. The zero-order valence-electron chi connectivity index (χ0n) is 11.7. The topological polar surface area (TPSA) is 92.9 Å². The van der Waals surface area contributed by atoms with Gasteiger partial charge >= 0.3 is 0 Å². The van der Waals surface area contributed by atoms with Crippen LogP contribution in [0.1, 0.15) is 35.1 Å². The second-order valence-electron chi connectivity index (χ2n) is 4.39. The predicted octanol–water partition coefficient (Wildman–Crippen LogP) is 2.16. The SMILES string of the molecule is CCCNc1cnc(C(=O)Nc2onc(C)c2C)cn1. The average molecular weight is 275 g/mol. The third-order valence-corrected chi connectivity index (χ3v) is 2.82. The molecule has 0 bridgehead atoms. The number of aryl methyl sites for hydroxylation is 1. The molecular formula is C13H17N5O2. The monoisotopic (exact) mass is 275 g/mol. The van der Waals surface area contributed by atoms with Gasteiger partial charge in [-0.05, 0) is 20.3 Å². The molecule has 0 aromatic carbocycles. The molecule has 0 aliphatic rings. The zero-order chi connectivity index (χ0) is 14.5. The molecule has 0 aliphatic heterocycles. The lowest BCUT2D eigenvalue weighted by Crippen LogP contribution is -2.14. The van der Waals surface area contributed by atoms with Gasteiger partial charge < -0.3 is 9.84 Å². The van der Waals surface area contributed by atoms with E-state index in [2.05, 4.69) is 32.7 Å². The molecule has 7 nitrogen and oxygen atoms in total. The molecule has 106 valence electrons. The van der Waals surface area contributed by atoms with Crippen LogP contribution in [0.25, 0.3) is 0 Å². The van der Waals surface area contributed by atoms with Crippen molar-refractivity contribution in [1.82, 2.24) is 15.1 Å². The first-order chi connectivity index (χ1) is 9.61. The maximum Gasteiger partial charge on any atom is 0.278 e. The van der Waals surface area contributed by atoms with Crippen LogP contribution in [0.15, 0.2) is 16.9 Å². The van der Waals surface area contributed by atoms with Gasteiger partial charge in [0.2, 0.25) is 5.88 Å². The fourth-order valence-electron chi connectivity index (χ4n) is 1.49. The van der Waals surface area contributed by atoms with Crippen molar-refractivity contribution < 1.29 is 9.32 Å². The Balaban J connectivity index is 2.04. The molecule has 2 heterocycles. The van der Waals surface area contributed by atoms with Gasteiger partial charge in [-0.15, -0.1) is 0 Å². The highest BCUT2D eigenvalue weighted by molar-refractivity contribution is 6.02. The predicted molar refractivity (Wildman–Crippen MR) is 74.7 cm³/mol. The Morgan fingerprint density at radius 3 is 2.65 bits per heavy atom. The standard InChI is InChI=1S/C13H17N5O2/c1-4-5-14-11-7-15-10(6-16-11)12(19)17-13-8(2)9(3)18-20-13/h6-7H,4-5H2,1-3H3,(H,14,16)(H,17,19). The zero-order valence-corrected chi connectivity index (χ0v) is 11.7. The summed E-state index contributed by atoms with van der Waals surface area (Å²) in [4.78, 5) is 20.2. The molecule has 2 aromatic rings. The van der Waals surface area contributed by atoms with E-state index in [9.17, 15) is 4.79 Å². The van der Waals surface area contributed by atoms with Crippen LogP contribution < -0.4 is 10.6 Å². The summed E-state index contributed by atoms with van der Waals surface area (Å²) in [5.41, 5.74) is 1.76. The number of rotatable bonds is 5. The number of carbonyl (C=O) groups excluding carboxylic acids is 1. The van der Waals surface area contributed by atoms with E-state index in [1.165, 1.54) is 12.4 Å². The van der Waals surface area contributed by atoms with Crippen molar-refractivity contribution >= 4 is 17.6 Å². The summed E-state index contributed by atoms with van der Waals surface area (Å²) in [5.74, 6) is 0.608. The van der Waals surface area contributed by atoms with Crippen LogP contribution in [-0.2, 0) is 0 Å². The smallest absolute Gasteiger partial charge is 0.278 e. The molecule has 0 unspecified atom stereocenters. The van der Waals surface area contributed by atoms with E-state index < -0.39 is 0 Å². The molecule has 0 saturated carbocycles. The Labute approximate surface area is 116 Å². The molecule has 2 N–H and O–H groups in total. The Bertz CT molecular complexity index is 591. The molecule has 0 saturated heterocycles. The van der Waals surface area contributed by atoms with Crippen LogP contribution in [-0.4, -0.2) is 27.6 Å². The lowest BCUT2D eigenvalue weighted by Gasteiger charge is -2.04. The van der Waals surface area contributed by atoms with Crippen LogP contribution in [0.4, 0.5) is 11.7 Å². The molecular weight excluding hydrogens is 258 g/mol. The number of aromatic nitrogens is 3. The van der Waals surface area contributed by atoms with E-state index in [0.717, 1.165) is 24.2 Å². The Kier molecular flexibility index (Phi) is 4.29. The van der Waals surface area contributed by atoms with E-state index in [4.69, 9.17) is 4.52 Å². The first-order valence-electron chi connectivity index (χ1n) is 6.42. The van der Waals surface area contributed by atoms with E-state index in [0.29, 0.717) is 11.7 Å². The summed E-state index contributed by atoms with van der Waals surface area (Å²) in [5, 5.41) is 9.48. The maximum atomic E-state index is 12.0. The van der Waals surface area contributed by atoms with Crippen molar-refractivity contribution in [2.24, 2.45) is 0 Å². The highest BCUT2D eigenvalue weighted by Gasteiger charge is 2.14. The van der Waals surface area contributed by atoms with Crippen molar-refractivity contribution in [3.63, 3.8) is 0 Å². The Morgan fingerprint density at radius 2 is 2.10 bits per heavy atom. The summed E-state index contributed by atoms with van der Waals surface area (Å²) >= 11 is 0. The fourth-order valence-corrected chi connectivity index (χ4v) is 1.49. The minimum absolute atomic E-state index is 0.223. The van der Waals surface area contributed by atoms with Gasteiger partial charge in [0.25, 0.3) is 5.91 Å². The Hall–Kier alpha value is -2.44. The number of nitrogens with zero attached hydrogens (tertiary/aromatic N) is 3. The largest absolute Gasteiger partial charge is 0.369 e. The first kappa shape index (κ1) is 14.0. The summed E-state index contributed by atoms with van der Waals surface area (Å²) < 4.78 is 5.02. The minimum atomic E-state index is -0.376. The molecule has 20 heavy (non-hydrogen) atoms. The third kappa shape index (κ3) is 3.11. The summed E-state index contributed by atoms with van der Waals surface area (Å²) in [6.07, 6.45) is 3.95. The number of anilines is 2. The summed E-state index contributed by atoms with van der Waals surface area (Å²) in [6, 6.07) is 0. The minimum Gasteiger partial charge on any atom is -0.369 e. The van der Waals surface area contributed by atoms with E-state index in [-0.39, 0.29) is 11.6 Å². The second-order valence-corrected chi connectivity index (χ2v) is 4.39. The van der Waals surface area contributed by atoms with Crippen LogP contribution in [0.5, 0.6) is 0 Å². The van der Waals surface area contributed by atoms with E-state index in [1.807, 2.05) is 13.8 Å². The molecule has 0 radical (unpaired) electrons. The van der Waals surface area contributed by atoms with Crippen molar-refractivity contribution in [1.29, 1.82) is 0 Å². The lowest BCUT2D eigenvalue weighted by molar-refractivity contribution is 0.101. The van der Waals surface area contributed by atoms with Gasteiger partial charge in [-0.3, -0.25) is 10.1 Å². The van der Waals surface area contributed by atoms with Crippen molar-refractivity contribution in [3.8, 4) is 0 Å². The van der Waals surface area contributed by atoms with Crippen LogP contribution >= 0.6 is 0 Å². The van der Waals surface area contributed by atoms with Gasteiger partial charge in [-0.2, -0.15) is 0 Å². The highest BCUT2D eigenvalue weighted by atomic mass is 16.5. The lowest BCUT2D eigenvalue weighted by atomic mass is 10.3. The molecule has 7 heteroatoms. The van der Waals surface area contributed by atoms with Gasteiger partial charge in [0, 0.05) is 12.1 Å². The Morgan fingerprint density at radius 1 is 1.30 bits per heavy atom. The fraction of sp³-hybridized carbons (Fsp3) is 0.385. The molecule has 2 aromatic heterocycles. The van der Waals surface area contributed by atoms with Gasteiger partial charge in [0.1, 0.15) is 11.5 Å². The highest BCUT2D eigenvalue weighted by Crippen LogP contribution is 2.17. The van der Waals surface area contributed by atoms with Crippen LogP contribution in [0.3, 0.4) is 0 Å². The van der Waals surface area contributed by atoms with Crippen molar-refractivity contribution in [2.45, 2.75) is 27.2 Å². The average Bonchev–Trinajstić information content (AvgIpc) is 2.77. The molecule has 1 amide bonds. The first-order valence-corrected chi connectivity index (χ1v) is 6.42. The normalized spacial score (nSPS) is 10.3. The van der Waals surface area contributed by atoms with Crippen LogP contribution in [0.2, 0.25) is 0 Å². The molecule has 0 fully saturated rings. The quantitative estimate of drug-likeness (QED) is 0.868. The molecule has 0 aliphatic carbocycles. The van der Waals surface area contributed by atoms with Gasteiger partial charge in [-0.1, -0.05) is 12.1 Å². The van der Waals surface area contributed by atoms with Crippen molar-refractivity contribution in [3.05, 3.63) is 29.3 Å². The number of hydrogen-bond acceptors (Lipinski definition) is 6. The van der Waals surface area contributed by atoms with Gasteiger partial charge in [0.15, 0.2) is 0 Å². The summed E-state index contributed by atoms with van der Waals surface area (Å²) in [6.45, 7) is 6.51. The molecule has 2 rings (SSSR count). The number of nitrogens with one attached hydrogen (secondary N) is 2. The maximum absolute atomic E-state index is 12.0. The van der Waals surface area contributed by atoms with Crippen LogP contribution in [0, 0.1) is 13.8 Å². The van der Waals surface area contributed by atoms with Gasteiger partial charge in [-0.25, -0.2) is 9.97 Å². The van der Waals surface area contributed by atoms with E-state index >= 15 is 0 Å². The molecule has 0 spiro atoms. The number of amides is 1. The van der Waals surface area contributed by atoms with Gasteiger partial charge in [0.05, 0.1) is 18.1 Å². The number of carbonyl (C=O) groups is 1. The van der Waals surface area contributed by atoms with Crippen molar-refractivity contribution in [2.75, 3.05) is 17.2 Å². The van der Waals surface area contributed by atoms with E-state index in [1.54, 1.807) is 0 Å².